The first-order valence-electron chi connectivity index (χ1n) is 5.00. The van der Waals surface area contributed by atoms with Gasteiger partial charge >= 0.3 is 0 Å². The van der Waals surface area contributed by atoms with Crippen LogP contribution in [0.2, 0.25) is 0 Å². The van der Waals surface area contributed by atoms with E-state index in [1.807, 2.05) is 12.1 Å². The molecule has 2 nitrogen and oxygen atoms in total. The Morgan fingerprint density at radius 1 is 1.53 bits per heavy atom. The highest BCUT2D eigenvalue weighted by Crippen LogP contribution is 2.46. The molecule has 1 aliphatic rings. The maximum absolute atomic E-state index is 11.6. The zero-order valence-corrected chi connectivity index (χ0v) is 9.85. The van der Waals surface area contributed by atoms with E-state index in [9.17, 15) is 4.79 Å². The maximum Gasteiger partial charge on any atom is 0.242 e. The number of halogens is 1. The fourth-order valence-electron chi connectivity index (χ4n) is 1.89. The Balaban J connectivity index is 2.38. The van der Waals surface area contributed by atoms with Crippen molar-refractivity contribution >= 4 is 28.6 Å². The molecule has 0 N–H and O–H groups in total. The molecule has 0 aromatic carbocycles. The van der Waals surface area contributed by atoms with Crippen LogP contribution in [0.25, 0.3) is 0 Å². The van der Waals surface area contributed by atoms with Gasteiger partial charge in [-0.15, -0.1) is 11.8 Å². The molecule has 4 heteroatoms. The standard InChI is InChI=1S/C11H12ClNOS/c12-10(14)11(5-1-2-7-15-11)9-4-3-6-13-8-9/h3-4,6,8H,1-2,5,7H2. The SMILES string of the molecule is O=C(Cl)C1(c2cccnc2)CCCCS1. The van der Waals surface area contributed by atoms with Gasteiger partial charge in [-0.05, 0) is 41.8 Å². The van der Waals surface area contributed by atoms with Gasteiger partial charge in [0.15, 0.2) is 0 Å². The summed E-state index contributed by atoms with van der Waals surface area (Å²) in [4.78, 5) is 15.7. The summed E-state index contributed by atoms with van der Waals surface area (Å²) in [7, 11) is 0. The highest BCUT2D eigenvalue weighted by Gasteiger charge is 2.41. The van der Waals surface area contributed by atoms with Gasteiger partial charge in [-0.2, -0.15) is 0 Å². The predicted octanol–water partition coefficient (Wildman–Crippen LogP) is 2.96. The molecule has 15 heavy (non-hydrogen) atoms. The van der Waals surface area contributed by atoms with Crippen LogP contribution >= 0.6 is 23.4 Å². The zero-order valence-electron chi connectivity index (χ0n) is 8.28. The van der Waals surface area contributed by atoms with Crippen LogP contribution in [0.15, 0.2) is 24.5 Å². The lowest BCUT2D eigenvalue weighted by Crippen LogP contribution is -2.32. The van der Waals surface area contributed by atoms with E-state index >= 15 is 0 Å². The Bertz CT molecular complexity index is 349. The molecule has 1 atom stereocenters. The van der Waals surface area contributed by atoms with Crippen LogP contribution in [-0.4, -0.2) is 16.0 Å². The highest BCUT2D eigenvalue weighted by molar-refractivity contribution is 8.01. The molecule has 0 aliphatic carbocycles. The number of nitrogens with zero attached hydrogens (tertiary/aromatic N) is 1. The minimum absolute atomic E-state index is 0.264. The van der Waals surface area contributed by atoms with E-state index in [0.29, 0.717) is 0 Å². The molecule has 1 aliphatic heterocycles. The Labute approximate surface area is 98.4 Å². The Morgan fingerprint density at radius 3 is 2.93 bits per heavy atom. The molecular weight excluding hydrogens is 230 g/mol. The van der Waals surface area contributed by atoms with E-state index in [1.54, 1.807) is 24.2 Å². The summed E-state index contributed by atoms with van der Waals surface area (Å²) in [5.74, 6) is 0.993. The first-order valence-corrected chi connectivity index (χ1v) is 6.36. The largest absolute Gasteiger partial charge is 0.279 e. The molecule has 0 spiro atoms. The van der Waals surface area contributed by atoms with Gasteiger partial charge in [-0.3, -0.25) is 9.78 Å². The lowest BCUT2D eigenvalue weighted by molar-refractivity contribution is -0.114. The van der Waals surface area contributed by atoms with Crippen molar-refractivity contribution in [3.63, 3.8) is 0 Å². The minimum atomic E-state index is -0.548. The summed E-state index contributed by atoms with van der Waals surface area (Å²) >= 11 is 7.41. The fraction of sp³-hybridized carbons (Fsp3) is 0.455. The topological polar surface area (TPSA) is 30.0 Å². The number of thioether (sulfide) groups is 1. The van der Waals surface area contributed by atoms with Crippen molar-refractivity contribution in [3.8, 4) is 0 Å². The van der Waals surface area contributed by atoms with Gasteiger partial charge in [0.05, 0.1) is 0 Å². The number of pyridine rings is 1. The molecule has 80 valence electrons. The van der Waals surface area contributed by atoms with Crippen molar-refractivity contribution in [3.05, 3.63) is 30.1 Å². The van der Waals surface area contributed by atoms with Crippen molar-refractivity contribution < 1.29 is 4.79 Å². The molecule has 0 bridgehead atoms. The van der Waals surface area contributed by atoms with E-state index in [4.69, 9.17) is 11.6 Å². The first kappa shape index (κ1) is 11.0. The normalized spacial score (nSPS) is 26.2. The predicted molar refractivity (Wildman–Crippen MR) is 63.1 cm³/mol. The summed E-state index contributed by atoms with van der Waals surface area (Å²) in [5.41, 5.74) is 0.940. The second-order valence-electron chi connectivity index (χ2n) is 3.65. The summed E-state index contributed by atoms with van der Waals surface area (Å²) in [5, 5.41) is -0.264. The van der Waals surface area contributed by atoms with Gasteiger partial charge in [-0.25, -0.2) is 0 Å². The third kappa shape index (κ3) is 2.04. The summed E-state index contributed by atoms with van der Waals surface area (Å²) < 4.78 is -0.548. The molecule has 0 radical (unpaired) electrons. The number of carbonyl (C=O) groups is 1. The average molecular weight is 242 g/mol. The first-order chi connectivity index (χ1) is 7.26. The Hall–Kier alpha value is -0.540. The van der Waals surface area contributed by atoms with Crippen LogP contribution in [0.1, 0.15) is 24.8 Å². The molecule has 2 rings (SSSR count). The minimum Gasteiger partial charge on any atom is -0.279 e. The van der Waals surface area contributed by atoms with Crippen LogP contribution in [0.3, 0.4) is 0 Å². The average Bonchev–Trinajstić information content (AvgIpc) is 2.31. The summed E-state index contributed by atoms with van der Waals surface area (Å²) in [6.07, 6.45) is 6.50. The number of aromatic nitrogens is 1. The monoisotopic (exact) mass is 241 g/mol. The number of hydrogen-bond acceptors (Lipinski definition) is 3. The Kier molecular flexibility index (Phi) is 3.32. The number of rotatable bonds is 2. The van der Waals surface area contributed by atoms with Crippen LogP contribution in [0.5, 0.6) is 0 Å². The van der Waals surface area contributed by atoms with Gasteiger partial charge < -0.3 is 0 Å². The van der Waals surface area contributed by atoms with Gasteiger partial charge in [0.1, 0.15) is 4.75 Å². The molecular formula is C11H12ClNOS. The van der Waals surface area contributed by atoms with Crippen molar-refractivity contribution in [2.45, 2.75) is 24.0 Å². The maximum atomic E-state index is 11.6. The Morgan fingerprint density at radius 2 is 2.40 bits per heavy atom. The van der Waals surface area contributed by atoms with Crippen LogP contribution in [-0.2, 0) is 9.54 Å². The van der Waals surface area contributed by atoms with Crippen molar-refractivity contribution in [1.82, 2.24) is 4.98 Å². The van der Waals surface area contributed by atoms with Gasteiger partial charge in [-0.1, -0.05) is 12.5 Å². The molecule has 1 aromatic rings. The smallest absolute Gasteiger partial charge is 0.242 e. The second kappa shape index (κ2) is 4.54. The highest BCUT2D eigenvalue weighted by atomic mass is 35.5. The zero-order chi connectivity index (χ0) is 10.7. The van der Waals surface area contributed by atoms with Crippen molar-refractivity contribution in [2.75, 3.05) is 5.75 Å². The molecule has 0 amide bonds. The summed E-state index contributed by atoms with van der Waals surface area (Å²) in [6.45, 7) is 0. The molecule has 1 fully saturated rings. The number of hydrogen-bond donors (Lipinski definition) is 0. The van der Waals surface area contributed by atoms with Crippen LogP contribution in [0.4, 0.5) is 0 Å². The quantitative estimate of drug-likeness (QED) is 0.746. The van der Waals surface area contributed by atoms with Crippen LogP contribution in [0, 0.1) is 0 Å². The summed E-state index contributed by atoms with van der Waals surface area (Å²) in [6, 6.07) is 3.79. The van der Waals surface area contributed by atoms with Gasteiger partial charge in [0, 0.05) is 12.4 Å². The fourth-order valence-corrected chi connectivity index (χ4v) is 3.65. The van der Waals surface area contributed by atoms with Gasteiger partial charge in [0.2, 0.25) is 5.24 Å². The molecule has 1 saturated heterocycles. The van der Waals surface area contributed by atoms with E-state index in [1.165, 1.54) is 0 Å². The lowest BCUT2D eigenvalue weighted by Gasteiger charge is -2.33. The lowest BCUT2D eigenvalue weighted by atomic mass is 9.94. The van der Waals surface area contributed by atoms with Crippen molar-refractivity contribution in [1.29, 1.82) is 0 Å². The van der Waals surface area contributed by atoms with E-state index in [0.717, 1.165) is 30.6 Å². The van der Waals surface area contributed by atoms with E-state index < -0.39 is 4.75 Å². The molecule has 0 saturated carbocycles. The number of carbonyl (C=O) groups excluding carboxylic acids is 1. The molecule has 2 heterocycles. The second-order valence-corrected chi connectivity index (χ2v) is 5.39. The van der Waals surface area contributed by atoms with E-state index in [-0.39, 0.29) is 5.24 Å². The van der Waals surface area contributed by atoms with Crippen LogP contribution < -0.4 is 0 Å². The molecule has 1 unspecified atom stereocenters. The van der Waals surface area contributed by atoms with E-state index in [2.05, 4.69) is 4.98 Å². The third-order valence-corrected chi connectivity index (χ3v) is 4.76. The third-order valence-electron chi connectivity index (χ3n) is 2.72. The van der Waals surface area contributed by atoms with Crippen molar-refractivity contribution in [2.24, 2.45) is 0 Å². The van der Waals surface area contributed by atoms with Gasteiger partial charge in [0.25, 0.3) is 0 Å². The molecule has 1 aromatic heterocycles.